The molecule has 5 rings (SSSR count). The number of rotatable bonds is 6. The number of pyridine rings is 2. The van der Waals surface area contributed by atoms with E-state index < -0.39 is 0 Å². The summed E-state index contributed by atoms with van der Waals surface area (Å²) in [7, 11) is 1.74. The molecule has 0 aliphatic heterocycles. The topological polar surface area (TPSA) is 70.2 Å². The van der Waals surface area contributed by atoms with E-state index in [2.05, 4.69) is 20.6 Å². The Morgan fingerprint density at radius 3 is 2.37 bits per heavy atom. The van der Waals surface area contributed by atoms with Gasteiger partial charge in [0.05, 0.1) is 5.52 Å². The molecular formula is C28H22FN5O. The predicted molar refractivity (Wildman–Crippen MR) is 138 cm³/mol. The van der Waals surface area contributed by atoms with Gasteiger partial charge in [-0.05, 0) is 78.9 Å². The minimum absolute atomic E-state index is 0.144. The number of carbonyl (C=O) groups is 1. The molecule has 0 aliphatic carbocycles. The average Bonchev–Trinajstić information content (AvgIpc) is 2.89. The van der Waals surface area contributed by atoms with Gasteiger partial charge in [-0.2, -0.15) is 0 Å². The predicted octanol–water partition coefficient (Wildman–Crippen LogP) is 6.53. The maximum atomic E-state index is 13.8. The molecule has 0 fully saturated rings. The van der Waals surface area contributed by atoms with E-state index >= 15 is 0 Å². The van der Waals surface area contributed by atoms with E-state index in [0.29, 0.717) is 22.2 Å². The number of amides is 1. The van der Waals surface area contributed by atoms with E-state index in [4.69, 9.17) is 0 Å². The zero-order valence-corrected chi connectivity index (χ0v) is 18.9. The van der Waals surface area contributed by atoms with Gasteiger partial charge < -0.3 is 15.5 Å². The maximum absolute atomic E-state index is 13.8. The molecule has 2 N–H and O–H groups in total. The van der Waals surface area contributed by atoms with E-state index in [1.54, 1.807) is 54.8 Å². The van der Waals surface area contributed by atoms with E-state index in [-0.39, 0.29) is 11.7 Å². The number of fused-ring (bicyclic) bond motifs is 1. The fourth-order valence-electron chi connectivity index (χ4n) is 3.79. The van der Waals surface area contributed by atoms with Gasteiger partial charge in [-0.25, -0.2) is 4.39 Å². The van der Waals surface area contributed by atoms with Crippen LogP contribution in [-0.4, -0.2) is 22.9 Å². The fraction of sp³-hybridized carbons (Fsp3) is 0.0357. The highest BCUT2D eigenvalue weighted by Gasteiger charge is 2.14. The Balaban J connectivity index is 1.33. The van der Waals surface area contributed by atoms with Gasteiger partial charge in [0, 0.05) is 65.0 Å². The van der Waals surface area contributed by atoms with Gasteiger partial charge in [-0.1, -0.05) is 6.07 Å². The summed E-state index contributed by atoms with van der Waals surface area (Å²) in [5.74, 6) is -0.477. The van der Waals surface area contributed by atoms with E-state index in [9.17, 15) is 9.18 Å². The lowest BCUT2D eigenvalue weighted by Gasteiger charge is -2.19. The third kappa shape index (κ3) is 4.94. The van der Waals surface area contributed by atoms with Gasteiger partial charge >= 0.3 is 0 Å². The SMILES string of the molecule is CN(C(=O)c1cccc(Nc2ccnc3ccc(F)cc23)c1)c1ccc(Nc2ccncc2)cc1. The number of aromatic nitrogens is 2. The second-order valence-electron chi connectivity index (χ2n) is 8.00. The fourth-order valence-corrected chi connectivity index (χ4v) is 3.79. The highest BCUT2D eigenvalue weighted by atomic mass is 19.1. The number of nitrogens with one attached hydrogen (secondary N) is 2. The van der Waals surface area contributed by atoms with Crippen LogP contribution in [0, 0.1) is 5.82 Å². The first-order valence-corrected chi connectivity index (χ1v) is 11.0. The third-order valence-electron chi connectivity index (χ3n) is 5.62. The van der Waals surface area contributed by atoms with E-state index in [1.165, 1.54) is 12.1 Å². The molecule has 1 amide bonds. The van der Waals surface area contributed by atoms with Crippen LogP contribution >= 0.6 is 0 Å². The number of hydrogen-bond acceptors (Lipinski definition) is 5. The summed E-state index contributed by atoms with van der Waals surface area (Å²) in [4.78, 5) is 23.1. The number of halogens is 1. The maximum Gasteiger partial charge on any atom is 0.258 e. The molecule has 0 aliphatic rings. The lowest BCUT2D eigenvalue weighted by molar-refractivity contribution is 0.0993. The molecule has 2 heterocycles. The first-order valence-electron chi connectivity index (χ1n) is 11.0. The number of benzene rings is 3. The van der Waals surface area contributed by atoms with Crippen LogP contribution in [0.2, 0.25) is 0 Å². The number of nitrogens with zero attached hydrogens (tertiary/aromatic N) is 3. The third-order valence-corrected chi connectivity index (χ3v) is 5.62. The first-order chi connectivity index (χ1) is 17.1. The second-order valence-corrected chi connectivity index (χ2v) is 8.00. The van der Waals surface area contributed by atoms with Crippen molar-refractivity contribution in [3.05, 3.63) is 115 Å². The van der Waals surface area contributed by atoms with Crippen LogP contribution in [0.4, 0.5) is 32.8 Å². The Kier molecular flexibility index (Phi) is 6.05. The van der Waals surface area contributed by atoms with Crippen molar-refractivity contribution in [2.24, 2.45) is 0 Å². The van der Waals surface area contributed by atoms with Crippen LogP contribution in [0.15, 0.2) is 104 Å². The number of hydrogen-bond donors (Lipinski definition) is 2. The smallest absolute Gasteiger partial charge is 0.258 e. The van der Waals surface area contributed by atoms with E-state index in [1.807, 2.05) is 48.5 Å². The largest absolute Gasteiger partial charge is 0.355 e. The van der Waals surface area contributed by atoms with Gasteiger partial charge in [0.1, 0.15) is 5.82 Å². The summed E-state index contributed by atoms with van der Waals surface area (Å²) in [6.07, 6.45) is 5.11. The molecule has 0 atom stereocenters. The van der Waals surface area contributed by atoms with Gasteiger partial charge in [-0.3, -0.25) is 14.8 Å². The monoisotopic (exact) mass is 463 g/mol. The van der Waals surface area contributed by atoms with Crippen molar-refractivity contribution in [1.82, 2.24) is 9.97 Å². The molecule has 35 heavy (non-hydrogen) atoms. The van der Waals surface area contributed by atoms with Gasteiger partial charge in [0.15, 0.2) is 0 Å². The van der Waals surface area contributed by atoms with Crippen molar-refractivity contribution < 1.29 is 9.18 Å². The highest BCUT2D eigenvalue weighted by Crippen LogP contribution is 2.27. The van der Waals surface area contributed by atoms with Gasteiger partial charge in [-0.15, -0.1) is 0 Å². The van der Waals surface area contributed by atoms with Crippen molar-refractivity contribution in [2.75, 3.05) is 22.6 Å². The standard InChI is InChI=1S/C28H22FN5O/c1-34(24-8-6-21(7-9-24)32-22-11-14-30-15-12-22)28(35)19-3-2-4-23(17-19)33-27-13-16-31-26-10-5-20(29)18-25(26)27/h2-18H,1H3,(H,30,32)(H,31,33). The van der Waals surface area contributed by atoms with Crippen LogP contribution in [-0.2, 0) is 0 Å². The van der Waals surface area contributed by atoms with Crippen molar-refractivity contribution >= 4 is 45.2 Å². The number of anilines is 5. The molecule has 5 aromatic rings. The van der Waals surface area contributed by atoms with Crippen LogP contribution in [0.3, 0.4) is 0 Å². The molecule has 0 spiro atoms. The van der Waals surface area contributed by atoms with Gasteiger partial charge in [0.25, 0.3) is 5.91 Å². The summed E-state index contributed by atoms with van der Waals surface area (Å²) < 4.78 is 13.8. The number of carbonyl (C=O) groups excluding carboxylic acids is 1. The summed E-state index contributed by atoms with van der Waals surface area (Å²) in [6.45, 7) is 0. The minimum atomic E-state index is -0.332. The minimum Gasteiger partial charge on any atom is -0.355 e. The molecule has 0 saturated carbocycles. The molecule has 0 radical (unpaired) electrons. The van der Waals surface area contributed by atoms with Crippen LogP contribution in [0.1, 0.15) is 10.4 Å². The Hall–Kier alpha value is -4.78. The van der Waals surface area contributed by atoms with Crippen molar-refractivity contribution in [3.8, 4) is 0 Å². The van der Waals surface area contributed by atoms with Crippen molar-refractivity contribution in [3.63, 3.8) is 0 Å². The highest BCUT2D eigenvalue weighted by molar-refractivity contribution is 6.06. The zero-order valence-electron chi connectivity index (χ0n) is 18.9. The summed E-state index contributed by atoms with van der Waals surface area (Å²) >= 11 is 0. The first kappa shape index (κ1) is 22.0. The van der Waals surface area contributed by atoms with Crippen LogP contribution in [0.25, 0.3) is 10.9 Å². The molecule has 0 bridgehead atoms. The lowest BCUT2D eigenvalue weighted by Crippen LogP contribution is -2.26. The second kappa shape index (κ2) is 9.61. The Bertz CT molecular complexity index is 1490. The average molecular weight is 464 g/mol. The normalized spacial score (nSPS) is 10.7. The van der Waals surface area contributed by atoms with Gasteiger partial charge in [0.2, 0.25) is 0 Å². The summed E-state index contributed by atoms with van der Waals surface area (Å²) in [6, 6.07) is 24.9. The Morgan fingerprint density at radius 1 is 0.800 bits per heavy atom. The molecule has 172 valence electrons. The Morgan fingerprint density at radius 2 is 1.57 bits per heavy atom. The Labute approximate surface area is 202 Å². The molecule has 2 aromatic heterocycles. The van der Waals surface area contributed by atoms with Crippen molar-refractivity contribution in [1.29, 1.82) is 0 Å². The molecule has 7 heteroatoms. The quantitative estimate of drug-likeness (QED) is 0.299. The molecule has 0 unspecified atom stereocenters. The molecule has 6 nitrogen and oxygen atoms in total. The zero-order chi connectivity index (χ0) is 24.2. The van der Waals surface area contributed by atoms with E-state index in [0.717, 1.165) is 22.7 Å². The van der Waals surface area contributed by atoms with Crippen LogP contribution < -0.4 is 15.5 Å². The van der Waals surface area contributed by atoms with Crippen molar-refractivity contribution in [2.45, 2.75) is 0 Å². The summed E-state index contributed by atoms with van der Waals surface area (Å²) in [5, 5.41) is 7.25. The lowest BCUT2D eigenvalue weighted by atomic mass is 10.1. The molecule has 3 aromatic carbocycles. The van der Waals surface area contributed by atoms with Crippen LogP contribution in [0.5, 0.6) is 0 Å². The molecule has 0 saturated heterocycles. The summed E-state index contributed by atoms with van der Waals surface area (Å²) in [5.41, 5.74) is 5.26. The molecular weight excluding hydrogens is 441 g/mol.